The summed E-state index contributed by atoms with van der Waals surface area (Å²) < 4.78 is 0. The van der Waals surface area contributed by atoms with Crippen molar-refractivity contribution in [2.24, 2.45) is 0 Å². The second-order valence-corrected chi connectivity index (χ2v) is 4.99. The number of benzene rings is 2. The Balaban J connectivity index is 2.12. The molecule has 1 heterocycles. The minimum absolute atomic E-state index is 0.0323. The molecule has 0 aliphatic rings. The van der Waals surface area contributed by atoms with E-state index in [1.807, 2.05) is 32.0 Å². The number of fused-ring (bicyclic) bond motifs is 1. The van der Waals surface area contributed by atoms with Gasteiger partial charge in [0.05, 0.1) is 11.0 Å². The fourth-order valence-corrected chi connectivity index (χ4v) is 2.31. The first-order chi connectivity index (χ1) is 9.54. The van der Waals surface area contributed by atoms with Crippen LogP contribution in [-0.2, 0) is 0 Å². The Morgan fingerprint density at radius 1 is 0.950 bits per heavy atom. The lowest BCUT2D eigenvalue weighted by Gasteiger charge is -2.06. The molecule has 3 aromatic rings. The summed E-state index contributed by atoms with van der Waals surface area (Å²) in [5.74, 6) is -0.0323. The number of imidazole rings is 1. The van der Waals surface area contributed by atoms with Crippen LogP contribution in [0.4, 0.5) is 0 Å². The van der Waals surface area contributed by atoms with Crippen LogP contribution in [0.5, 0.6) is 0 Å². The number of ketones is 1. The average molecular weight is 266 g/mol. The van der Waals surface area contributed by atoms with Crippen molar-refractivity contribution in [2.45, 2.75) is 13.8 Å². The average Bonchev–Trinajstić information content (AvgIpc) is 2.79. The number of aromatic amines is 2. The van der Waals surface area contributed by atoms with Crippen molar-refractivity contribution in [1.29, 1.82) is 0 Å². The molecule has 4 nitrogen and oxygen atoms in total. The topological polar surface area (TPSA) is 65.7 Å². The maximum atomic E-state index is 12.6. The molecule has 0 radical (unpaired) electrons. The zero-order valence-corrected chi connectivity index (χ0v) is 11.3. The third-order valence-electron chi connectivity index (χ3n) is 3.42. The zero-order valence-electron chi connectivity index (χ0n) is 11.3. The molecule has 0 amide bonds. The summed E-state index contributed by atoms with van der Waals surface area (Å²) in [6.07, 6.45) is 0. The Morgan fingerprint density at radius 2 is 1.70 bits per heavy atom. The number of aryl methyl sites for hydroxylation is 2. The number of carbonyl (C=O) groups excluding carboxylic acids is 1. The monoisotopic (exact) mass is 266 g/mol. The van der Waals surface area contributed by atoms with Crippen molar-refractivity contribution in [3.63, 3.8) is 0 Å². The van der Waals surface area contributed by atoms with Gasteiger partial charge in [-0.25, -0.2) is 4.79 Å². The Kier molecular flexibility index (Phi) is 2.79. The first-order valence-electron chi connectivity index (χ1n) is 6.38. The van der Waals surface area contributed by atoms with E-state index in [0.29, 0.717) is 22.2 Å². The summed E-state index contributed by atoms with van der Waals surface area (Å²) in [6, 6.07) is 11.0. The zero-order chi connectivity index (χ0) is 14.3. The molecular formula is C16H14N2O2. The molecule has 100 valence electrons. The Labute approximate surface area is 115 Å². The van der Waals surface area contributed by atoms with Gasteiger partial charge in [-0.2, -0.15) is 0 Å². The maximum Gasteiger partial charge on any atom is 0.323 e. The summed E-state index contributed by atoms with van der Waals surface area (Å²) >= 11 is 0. The normalized spacial score (nSPS) is 10.9. The molecule has 0 aliphatic carbocycles. The van der Waals surface area contributed by atoms with Crippen molar-refractivity contribution >= 4 is 16.8 Å². The van der Waals surface area contributed by atoms with E-state index >= 15 is 0 Å². The molecule has 2 N–H and O–H groups in total. The summed E-state index contributed by atoms with van der Waals surface area (Å²) in [6.45, 7) is 3.88. The molecule has 0 spiro atoms. The molecule has 0 fully saturated rings. The molecule has 0 bridgehead atoms. The number of H-pyrrole nitrogens is 2. The van der Waals surface area contributed by atoms with Gasteiger partial charge in [-0.05, 0) is 43.7 Å². The van der Waals surface area contributed by atoms with Gasteiger partial charge in [0, 0.05) is 11.1 Å². The fourth-order valence-electron chi connectivity index (χ4n) is 2.31. The highest BCUT2D eigenvalue weighted by atomic mass is 16.1. The van der Waals surface area contributed by atoms with Crippen molar-refractivity contribution in [3.8, 4) is 0 Å². The summed E-state index contributed by atoms with van der Waals surface area (Å²) in [7, 11) is 0. The second kappa shape index (κ2) is 4.49. The van der Waals surface area contributed by atoms with Gasteiger partial charge >= 0.3 is 5.69 Å². The third-order valence-corrected chi connectivity index (χ3v) is 3.42. The van der Waals surface area contributed by atoms with E-state index in [9.17, 15) is 9.59 Å². The van der Waals surface area contributed by atoms with E-state index in [4.69, 9.17) is 0 Å². The van der Waals surface area contributed by atoms with Crippen LogP contribution in [0.15, 0.2) is 41.2 Å². The summed E-state index contributed by atoms with van der Waals surface area (Å²) in [4.78, 5) is 29.1. The summed E-state index contributed by atoms with van der Waals surface area (Å²) in [5.41, 5.74) is 4.34. The molecule has 0 unspecified atom stereocenters. The maximum absolute atomic E-state index is 12.6. The SMILES string of the molecule is Cc1ccc(C)c(C(=O)c2ccc3[nH]c(=O)[nH]c3c2)c1. The molecule has 0 saturated carbocycles. The lowest BCUT2D eigenvalue weighted by molar-refractivity contribution is 0.103. The van der Waals surface area contributed by atoms with E-state index in [1.165, 1.54) is 0 Å². The number of hydrogen-bond acceptors (Lipinski definition) is 2. The predicted molar refractivity (Wildman–Crippen MR) is 78.3 cm³/mol. The van der Waals surface area contributed by atoms with E-state index in [0.717, 1.165) is 11.1 Å². The lowest BCUT2D eigenvalue weighted by Crippen LogP contribution is -2.04. The largest absolute Gasteiger partial charge is 0.323 e. The van der Waals surface area contributed by atoms with Gasteiger partial charge in [-0.3, -0.25) is 4.79 Å². The Hall–Kier alpha value is -2.62. The molecule has 0 atom stereocenters. The van der Waals surface area contributed by atoms with Crippen LogP contribution >= 0.6 is 0 Å². The summed E-state index contributed by atoms with van der Waals surface area (Å²) in [5, 5.41) is 0. The van der Waals surface area contributed by atoms with Gasteiger partial charge in [0.1, 0.15) is 0 Å². The second-order valence-electron chi connectivity index (χ2n) is 4.99. The predicted octanol–water partition coefficient (Wildman–Crippen LogP) is 2.70. The first kappa shape index (κ1) is 12.4. The van der Waals surface area contributed by atoms with E-state index in [2.05, 4.69) is 9.97 Å². The van der Waals surface area contributed by atoms with Crippen LogP contribution in [0, 0.1) is 13.8 Å². The molecule has 0 aliphatic heterocycles. The highest BCUT2D eigenvalue weighted by Gasteiger charge is 2.13. The minimum atomic E-state index is -0.267. The van der Waals surface area contributed by atoms with Gasteiger partial charge in [-0.15, -0.1) is 0 Å². The number of aromatic nitrogens is 2. The Bertz CT molecular complexity index is 872. The van der Waals surface area contributed by atoms with Crippen LogP contribution < -0.4 is 5.69 Å². The van der Waals surface area contributed by atoms with Crippen LogP contribution in [-0.4, -0.2) is 15.8 Å². The Morgan fingerprint density at radius 3 is 2.50 bits per heavy atom. The van der Waals surface area contributed by atoms with Gasteiger partial charge in [0.25, 0.3) is 0 Å². The molecule has 4 heteroatoms. The van der Waals surface area contributed by atoms with E-state index in [1.54, 1.807) is 18.2 Å². The molecule has 3 rings (SSSR count). The van der Waals surface area contributed by atoms with Crippen molar-refractivity contribution in [3.05, 3.63) is 69.1 Å². The molecule has 20 heavy (non-hydrogen) atoms. The van der Waals surface area contributed by atoms with Crippen molar-refractivity contribution in [2.75, 3.05) is 0 Å². The minimum Gasteiger partial charge on any atom is -0.306 e. The van der Waals surface area contributed by atoms with Crippen LogP contribution in [0.3, 0.4) is 0 Å². The number of carbonyl (C=O) groups is 1. The highest BCUT2D eigenvalue weighted by molar-refractivity contribution is 6.11. The molecular weight excluding hydrogens is 252 g/mol. The fraction of sp³-hybridized carbons (Fsp3) is 0.125. The van der Waals surface area contributed by atoms with Crippen LogP contribution in [0.2, 0.25) is 0 Å². The molecule has 1 aromatic heterocycles. The molecule has 2 aromatic carbocycles. The highest BCUT2D eigenvalue weighted by Crippen LogP contribution is 2.18. The number of hydrogen-bond donors (Lipinski definition) is 2. The third kappa shape index (κ3) is 2.05. The molecule has 0 saturated heterocycles. The van der Waals surface area contributed by atoms with E-state index in [-0.39, 0.29) is 11.5 Å². The van der Waals surface area contributed by atoms with Gasteiger partial charge in [0.2, 0.25) is 0 Å². The lowest BCUT2D eigenvalue weighted by atomic mass is 9.97. The van der Waals surface area contributed by atoms with Crippen LogP contribution in [0.25, 0.3) is 11.0 Å². The quantitative estimate of drug-likeness (QED) is 0.700. The van der Waals surface area contributed by atoms with Crippen LogP contribution in [0.1, 0.15) is 27.0 Å². The standard InChI is InChI=1S/C16H14N2O2/c1-9-3-4-10(2)12(7-9)15(19)11-5-6-13-14(8-11)18-16(20)17-13/h3-8H,1-2H3,(H2,17,18,20). The first-order valence-corrected chi connectivity index (χ1v) is 6.38. The number of rotatable bonds is 2. The smallest absolute Gasteiger partial charge is 0.306 e. The van der Waals surface area contributed by atoms with Gasteiger partial charge in [-0.1, -0.05) is 17.7 Å². The van der Waals surface area contributed by atoms with Gasteiger partial charge in [0.15, 0.2) is 5.78 Å². The van der Waals surface area contributed by atoms with Gasteiger partial charge < -0.3 is 9.97 Å². The van der Waals surface area contributed by atoms with E-state index < -0.39 is 0 Å². The van der Waals surface area contributed by atoms with Crippen molar-refractivity contribution < 1.29 is 4.79 Å². The van der Waals surface area contributed by atoms with Crippen molar-refractivity contribution in [1.82, 2.24) is 9.97 Å². The number of nitrogens with one attached hydrogen (secondary N) is 2.